The number of hydrogen-bond acceptors (Lipinski definition) is 4. The lowest BCUT2D eigenvalue weighted by Crippen LogP contribution is -2.35. The molecule has 0 bridgehead atoms. The van der Waals surface area contributed by atoms with Crippen LogP contribution in [-0.2, 0) is 4.79 Å². The highest BCUT2D eigenvalue weighted by Gasteiger charge is 2.37. The van der Waals surface area contributed by atoms with Gasteiger partial charge in [0.15, 0.2) is 5.84 Å². The van der Waals surface area contributed by atoms with E-state index in [1.165, 1.54) is 16.8 Å². The van der Waals surface area contributed by atoms with E-state index in [9.17, 15) is 4.79 Å². The number of fused-ring (bicyclic) bond motifs is 1. The van der Waals surface area contributed by atoms with Gasteiger partial charge >= 0.3 is 0 Å². The van der Waals surface area contributed by atoms with Gasteiger partial charge in [-0.3, -0.25) is 10.2 Å². The fraction of sp³-hybridized carbons (Fsp3) is 0.120. The van der Waals surface area contributed by atoms with Crippen molar-refractivity contribution in [3.8, 4) is 5.69 Å². The van der Waals surface area contributed by atoms with Gasteiger partial charge < -0.3 is 4.57 Å². The SMILES string of the molecule is CC[C@@H](C1=NN2C(=N)/C(=C\c3cccn3-c3ccccc3)C(=O)N=C2S1)c1ccccc1. The van der Waals surface area contributed by atoms with Gasteiger partial charge in [0.05, 0.1) is 5.57 Å². The first-order valence-electron chi connectivity index (χ1n) is 10.4. The Morgan fingerprint density at radius 1 is 1.03 bits per heavy atom. The van der Waals surface area contributed by atoms with E-state index in [0.717, 1.165) is 28.4 Å². The molecule has 32 heavy (non-hydrogen) atoms. The molecule has 3 aromatic rings. The largest absolute Gasteiger partial charge is 0.317 e. The molecule has 6 nitrogen and oxygen atoms in total. The third-order valence-electron chi connectivity index (χ3n) is 5.49. The highest BCUT2D eigenvalue weighted by Crippen LogP contribution is 2.36. The lowest BCUT2D eigenvalue weighted by atomic mass is 9.98. The molecular formula is C25H21N5OS. The molecular weight excluding hydrogens is 418 g/mol. The van der Waals surface area contributed by atoms with Crippen molar-refractivity contribution in [3.63, 3.8) is 0 Å². The Kier molecular flexibility index (Phi) is 5.33. The van der Waals surface area contributed by atoms with E-state index in [0.29, 0.717) is 5.17 Å². The molecule has 7 heteroatoms. The average Bonchev–Trinajstić information content (AvgIpc) is 3.46. The zero-order valence-corrected chi connectivity index (χ0v) is 18.3. The topological polar surface area (TPSA) is 73.8 Å². The first-order valence-corrected chi connectivity index (χ1v) is 11.2. The van der Waals surface area contributed by atoms with Gasteiger partial charge in [-0.1, -0.05) is 55.5 Å². The van der Waals surface area contributed by atoms with Gasteiger partial charge in [0.1, 0.15) is 5.04 Å². The first kappa shape index (κ1) is 20.2. The van der Waals surface area contributed by atoms with Crippen molar-refractivity contribution in [1.82, 2.24) is 9.58 Å². The number of amidine groups is 2. The van der Waals surface area contributed by atoms with Crippen molar-refractivity contribution >= 4 is 39.8 Å². The molecule has 0 fully saturated rings. The molecule has 5 rings (SSSR count). The minimum Gasteiger partial charge on any atom is -0.317 e. The van der Waals surface area contributed by atoms with Crippen molar-refractivity contribution in [2.24, 2.45) is 10.1 Å². The van der Waals surface area contributed by atoms with E-state index < -0.39 is 5.91 Å². The summed E-state index contributed by atoms with van der Waals surface area (Å²) in [5.41, 5.74) is 3.17. The smallest absolute Gasteiger partial charge is 0.283 e. The average molecular weight is 440 g/mol. The molecule has 158 valence electrons. The van der Waals surface area contributed by atoms with Crippen molar-refractivity contribution in [3.05, 3.63) is 95.8 Å². The summed E-state index contributed by atoms with van der Waals surface area (Å²) in [4.78, 5) is 17.1. The number of amides is 1. The second kappa shape index (κ2) is 8.43. The van der Waals surface area contributed by atoms with Gasteiger partial charge in [-0.25, -0.2) is 0 Å². The zero-order valence-electron chi connectivity index (χ0n) is 17.5. The van der Waals surface area contributed by atoms with Crippen molar-refractivity contribution in [2.75, 3.05) is 0 Å². The number of nitrogens with zero attached hydrogens (tertiary/aromatic N) is 4. The van der Waals surface area contributed by atoms with E-state index in [-0.39, 0.29) is 17.3 Å². The van der Waals surface area contributed by atoms with Gasteiger partial charge in [-0.15, -0.1) is 0 Å². The van der Waals surface area contributed by atoms with E-state index in [4.69, 9.17) is 10.5 Å². The number of thioether (sulfide) groups is 1. The van der Waals surface area contributed by atoms with Crippen LogP contribution in [0.4, 0.5) is 0 Å². The molecule has 0 aliphatic carbocycles. The lowest BCUT2D eigenvalue weighted by Gasteiger charge is -2.20. The Morgan fingerprint density at radius 3 is 2.47 bits per heavy atom. The molecule has 2 aliphatic heterocycles. The maximum absolute atomic E-state index is 12.8. The summed E-state index contributed by atoms with van der Waals surface area (Å²) >= 11 is 1.37. The number of para-hydroxylation sites is 1. The number of hydrogen-bond donors (Lipinski definition) is 1. The summed E-state index contributed by atoms with van der Waals surface area (Å²) in [6, 6.07) is 23.9. The maximum atomic E-state index is 12.8. The van der Waals surface area contributed by atoms with Gasteiger partial charge in [0.2, 0.25) is 5.17 Å². The van der Waals surface area contributed by atoms with Gasteiger partial charge in [-0.05, 0) is 54.1 Å². The standard InChI is InChI=1S/C25H21N5OS/c1-2-20(17-10-5-3-6-11-17)24-28-30-22(26)21(23(31)27-25(30)32-24)16-19-14-9-15-29(19)18-12-7-4-8-13-18/h3-16,20,26H,2H2,1H3/b21-16+,26-22?/t20-/m1/s1. The third kappa shape index (κ3) is 3.61. The number of benzene rings is 2. The number of rotatable bonds is 5. The van der Waals surface area contributed by atoms with E-state index in [2.05, 4.69) is 24.0 Å². The van der Waals surface area contributed by atoms with E-state index in [1.54, 1.807) is 6.08 Å². The fourth-order valence-corrected chi connectivity index (χ4v) is 4.97. The van der Waals surface area contributed by atoms with Crippen LogP contribution in [-0.4, -0.2) is 31.5 Å². The molecule has 1 amide bonds. The molecule has 0 unspecified atom stereocenters. The Morgan fingerprint density at radius 2 is 1.75 bits per heavy atom. The van der Waals surface area contributed by atoms with Crippen molar-refractivity contribution < 1.29 is 4.79 Å². The molecule has 3 heterocycles. The van der Waals surface area contributed by atoms with Crippen LogP contribution in [0.1, 0.15) is 30.5 Å². The van der Waals surface area contributed by atoms with Crippen LogP contribution in [0.2, 0.25) is 0 Å². The normalized spacial score (nSPS) is 17.9. The number of carbonyl (C=O) groups is 1. The Labute approximate surface area is 190 Å². The maximum Gasteiger partial charge on any atom is 0.283 e. The Hall–Kier alpha value is -3.71. The van der Waals surface area contributed by atoms with Gasteiger partial charge in [0.25, 0.3) is 5.91 Å². The third-order valence-corrected chi connectivity index (χ3v) is 6.51. The van der Waals surface area contributed by atoms with Crippen molar-refractivity contribution in [2.45, 2.75) is 19.3 Å². The van der Waals surface area contributed by atoms with E-state index in [1.807, 2.05) is 71.4 Å². The number of hydrazone groups is 1. The molecule has 0 saturated heterocycles. The Balaban J connectivity index is 1.48. The summed E-state index contributed by atoms with van der Waals surface area (Å²) in [6.45, 7) is 2.11. The molecule has 0 saturated carbocycles. The number of aliphatic imine (C=N–C) groups is 1. The van der Waals surface area contributed by atoms with Gasteiger partial charge in [0, 0.05) is 23.5 Å². The predicted octanol–water partition coefficient (Wildman–Crippen LogP) is 5.29. The molecule has 2 aliphatic rings. The second-order valence-corrected chi connectivity index (χ2v) is 8.46. The monoisotopic (exact) mass is 439 g/mol. The highest BCUT2D eigenvalue weighted by molar-refractivity contribution is 8.27. The second-order valence-electron chi connectivity index (χ2n) is 7.47. The fourth-order valence-electron chi connectivity index (χ4n) is 3.87. The van der Waals surface area contributed by atoms with Crippen LogP contribution in [0.15, 0.2) is 94.7 Å². The molecule has 2 aromatic carbocycles. The van der Waals surface area contributed by atoms with Crippen LogP contribution in [0.5, 0.6) is 0 Å². The first-order chi connectivity index (χ1) is 15.7. The number of nitrogens with one attached hydrogen (secondary N) is 1. The van der Waals surface area contributed by atoms with Crippen LogP contribution in [0.25, 0.3) is 11.8 Å². The zero-order chi connectivity index (χ0) is 22.1. The minimum atomic E-state index is -0.418. The predicted molar refractivity (Wildman–Crippen MR) is 130 cm³/mol. The van der Waals surface area contributed by atoms with Crippen LogP contribution < -0.4 is 0 Å². The van der Waals surface area contributed by atoms with Crippen LogP contribution in [0, 0.1) is 5.41 Å². The number of aromatic nitrogens is 1. The summed E-state index contributed by atoms with van der Waals surface area (Å²) in [5.74, 6) is -0.273. The van der Waals surface area contributed by atoms with Crippen molar-refractivity contribution in [1.29, 1.82) is 5.41 Å². The van der Waals surface area contributed by atoms with E-state index >= 15 is 0 Å². The summed E-state index contributed by atoms with van der Waals surface area (Å²) in [5, 5.41) is 16.2. The lowest BCUT2D eigenvalue weighted by molar-refractivity contribution is -0.114. The van der Waals surface area contributed by atoms with Crippen LogP contribution in [0.3, 0.4) is 0 Å². The molecule has 0 radical (unpaired) electrons. The minimum absolute atomic E-state index is 0.0474. The Bertz CT molecular complexity index is 1270. The quantitative estimate of drug-likeness (QED) is 0.549. The van der Waals surface area contributed by atoms with Gasteiger partial charge in [-0.2, -0.15) is 15.1 Å². The van der Waals surface area contributed by atoms with Crippen LogP contribution >= 0.6 is 11.8 Å². The summed E-state index contributed by atoms with van der Waals surface area (Å²) < 4.78 is 1.97. The highest BCUT2D eigenvalue weighted by atomic mass is 32.2. The molecule has 1 aromatic heterocycles. The number of carbonyl (C=O) groups excluding carboxylic acids is 1. The molecule has 1 N–H and O–H groups in total. The molecule has 0 spiro atoms. The summed E-state index contributed by atoms with van der Waals surface area (Å²) in [6.07, 6.45) is 4.51. The summed E-state index contributed by atoms with van der Waals surface area (Å²) in [7, 11) is 0. The molecule has 1 atom stereocenters.